The van der Waals surface area contributed by atoms with Crippen LogP contribution in [-0.4, -0.2) is 15.9 Å². The molecule has 0 atom stereocenters. The van der Waals surface area contributed by atoms with Gasteiger partial charge in [0.05, 0.1) is 0 Å². The van der Waals surface area contributed by atoms with Gasteiger partial charge in [-0.05, 0) is 54.0 Å². The molecule has 0 aliphatic carbocycles. The summed E-state index contributed by atoms with van der Waals surface area (Å²) in [5.74, 6) is 1.54. The second-order valence-corrected chi connectivity index (χ2v) is 10.3. The van der Waals surface area contributed by atoms with E-state index in [1.165, 1.54) is 16.8 Å². The number of hydrogen-bond acceptors (Lipinski definition) is 4. The third-order valence-electron chi connectivity index (χ3n) is 8.06. The van der Waals surface area contributed by atoms with Gasteiger partial charge in [0, 0.05) is 60.4 Å². The van der Waals surface area contributed by atoms with Crippen LogP contribution in [0.25, 0.3) is 21.5 Å². The van der Waals surface area contributed by atoms with E-state index in [1.54, 1.807) is 0 Å². The number of hydrogen-bond donors (Lipinski definition) is 1. The smallest absolute Gasteiger partial charge is 0.217 e. The zero-order valence-electron chi connectivity index (χ0n) is 23.9. The molecular weight excluding hydrogens is 663 g/mol. The summed E-state index contributed by atoms with van der Waals surface area (Å²) >= 11 is 0. The van der Waals surface area contributed by atoms with Crippen molar-refractivity contribution in [2.45, 2.75) is 67.2 Å². The van der Waals surface area contributed by atoms with Gasteiger partial charge in [-0.3, -0.25) is 4.79 Å². The Labute approximate surface area is 246 Å². The summed E-state index contributed by atoms with van der Waals surface area (Å²) in [5.41, 5.74) is -0.603. The number of allylic oxidation sites excluding steroid dienone is 2. The van der Waals surface area contributed by atoms with Crippen molar-refractivity contribution in [3.8, 4) is 11.6 Å². The molecule has 3 aromatic carbocycles. The van der Waals surface area contributed by atoms with Crippen LogP contribution in [0.4, 0.5) is 0 Å². The number of ether oxygens (including phenoxy) is 1. The fourth-order valence-corrected chi connectivity index (χ4v) is 4.11. The topological polar surface area (TPSA) is 59.4 Å². The molecule has 39 heavy (non-hydrogen) atoms. The van der Waals surface area contributed by atoms with Crippen LogP contribution < -0.4 is 4.74 Å². The summed E-state index contributed by atoms with van der Waals surface area (Å²) in [6, 6.07) is 25.1. The number of nitrogens with zero attached hydrogens (tertiary/aromatic N) is 1. The van der Waals surface area contributed by atoms with Crippen LogP contribution in [0.1, 0.15) is 67.2 Å². The first-order chi connectivity index (χ1) is 18.2. The van der Waals surface area contributed by atoms with Crippen LogP contribution in [0.15, 0.2) is 84.8 Å². The first-order valence-corrected chi connectivity index (χ1v) is 13.6. The minimum atomic E-state index is -0.337. The third kappa shape index (κ3) is 8.00. The van der Waals surface area contributed by atoms with Crippen molar-refractivity contribution in [3.63, 3.8) is 0 Å². The van der Waals surface area contributed by atoms with Crippen molar-refractivity contribution in [2.75, 3.05) is 0 Å². The van der Waals surface area contributed by atoms with Gasteiger partial charge < -0.3 is 9.84 Å². The molecule has 1 aromatic heterocycles. The number of para-hydroxylation sites is 1. The SMILES string of the molecule is CCC(C)(CC)C(=O)/C=C(\O)C(C)(CC)CC.[Ir].[c-]1ccccc1Oc1cc2cc3ccccc3cc2cn1. The Balaban J connectivity index is 0.000000275. The van der Waals surface area contributed by atoms with Gasteiger partial charge in [0.1, 0.15) is 5.76 Å². The van der Waals surface area contributed by atoms with Crippen LogP contribution in [-0.2, 0) is 24.9 Å². The fourth-order valence-electron chi connectivity index (χ4n) is 4.11. The number of aliphatic hydroxyl groups is 1. The second-order valence-electron chi connectivity index (χ2n) is 10.3. The molecule has 0 fully saturated rings. The molecule has 0 aliphatic heterocycles. The number of rotatable bonds is 9. The largest absolute Gasteiger partial charge is 0.512 e. The van der Waals surface area contributed by atoms with Gasteiger partial charge in [-0.1, -0.05) is 65.8 Å². The third-order valence-corrected chi connectivity index (χ3v) is 8.06. The molecule has 0 spiro atoms. The average molecular weight is 703 g/mol. The molecule has 0 aliphatic rings. The Hall–Kier alpha value is -3.01. The summed E-state index contributed by atoms with van der Waals surface area (Å²) in [6.45, 7) is 12.1. The Kier molecular flexibility index (Phi) is 11.9. The number of carbonyl (C=O) groups is 1. The van der Waals surface area contributed by atoms with E-state index in [2.05, 4.69) is 35.3 Å². The molecule has 5 heteroatoms. The molecule has 1 N–H and O–H groups in total. The normalized spacial score (nSPS) is 11.9. The van der Waals surface area contributed by atoms with Gasteiger partial charge >= 0.3 is 0 Å². The standard InChI is InChI=1S/C19H12NO.C15H28O2.Ir/c1-2-8-18(9-3-1)21-19-12-16-10-14-6-4-5-7-15(14)11-17(16)13-20-19;1-7-14(5,8-2)12(16)11-13(17)15(6,9-3)10-4;/h1-8,10-13H;11,16H,7-10H2,1-6H3;/q-1;;/b;12-11-;. The minimum absolute atomic E-state index is 0. The molecule has 4 nitrogen and oxygen atoms in total. The molecule has 1 radical (unpaired) electrons. The minimum Gasteiger partial charge on any atom is -0.512 e. The van der Waals surface area contributed by atoms with E-state index in [-0.39, 0.29) is 42.5 Å². The van der Waals surface area contributed by atoms with Crippen molar-refractivity contribution in [1.82, 2.24) is 4.98 Å². The molecule has 0 bridgehead atoms. The fraction of sp³-hybridized carbons (Fsp3) is 0.353. The Morgan fingerprint density at radius 1 is 0.846 bits per heavy atom. The Morgan fingerprint density at radius 3 is 1.95 bits per heavy atom. The molecule has 1 heterocycles. The van der Waals surface area contributed by atoms with Crippen LogP contribution in [0, 0.1) is 16.9 Å². The zero-order chi connectivity index (χ0) is 27.8. The van der Waals surface area contributed by atoms with Crippen molar-refractivity contribution in [2.24, 2.45) is 10.8 Å². The zero-order valence-corrected chi connectivity index (χ0v) is 26.3. The van der Waals surface area contributed by atoms with Gasteiger partial charge in [-0.25, -0.2) is 4.98 Å². The average Bonchev–Trinajstić information content (AvgIpc) is 2.95. The summed E-state index contributed by atoms with van der Waals surface area (Å²) < 4.78 is 5.73. The molecule has 209 valence electrons. The van der Waals surface area contributed by atoms with Gasteiger partial charge in [0.15, 0.2) is 5.78 Å². The van der Waals surface area contributed by atoms with E-state index in [4.69, 9.17) is 4.74 Å². The van der Waals surface area contributed by atoms with E-state index in [0.717, 1.165) is 36.5 Å². The maximum atomic E-state index is 12.2. The van der Waals surface area contributed by atoms with Gasteiger partial charge in [0.25, 0.3) is 0 Å². The molecule has 4 rings (SSSR count). The van der Waals surface area contributed by atoms with E-state index >= 15 is 0 Å². The van der Waals surface area contributed by atoms with E-state index < -0.39 is 0 Å². The maximum Gasteiger partial charge on any atom is 0.217 e. The molecular formula is C34H40IrNO3-. The number of fused-ring (bicyclic) bond motifs is 2. The predicted octanol–water partition coefficient (Wildman–Crippen LogP) is 9.63. The molecule has 0 saturated carbocycles. The van der Waals surface area contributed by atoms with Crippen LogP contribution in [0.2, 0.25) is 0 Å². The number of ketones is 1. The summed E-state index contributed by atoms with van der Waals surface area (Å²) in [6.07, 6.45) is 6.60. The van der Waals surface area contributed by atoms with E-state index in [1.807, 2.05) is 90.2 Å². The summed E-state index contributed by atoms with van der Waals surface area (Å²) in [7, 11) is 0. The van der Waals surface area contributed by atoms with Gasteiger partial charge in [-0.2, -0.15) is 18.2 Å². The summed E-state index contributed by atoms with van der Waals surface area (Å²) in [4.78, 5) is 16.5. The van der Waals surface area contributed by atoms with Crippen molar-refractivity contribution >= 4 is 27.3 Å². The number of aliphatic hydroxyl groups excluding tert-OH is 1. The summed E-state index contributed by atoms with van der Waals surface area (Å²) in [5, 5.41) is 14.8. The maximum absolute atomic E-state index is 12.2. The Bertz CT molecular complexity index is 1390. The van der Waals surface area contributed by atoms with Crippen LogP contribution >= 0.6 is 0 Å². The van der Waals surface area contributed by atoms with Crippen molar-refractivity contribution in [3.05, 3.63) is 90.8 Å². The van der Waals surface area contributed by atoms with Crippen molar-refractivity contribution < 1.29 is 34.7 Å². The van der Waals surface area contributed by atoms with E-state index in [0.29, 0.717) is 11.6 Å². The molecule has 0 unspecified atom stereocenters. The van der Waals surface area contributed by atoms with Crippen molar-refractivity contribution in [1.29, 1.82) is 0 Å². The molecule has 0 amide bonds. The second kappa shape index (κ2) is 14.4. The molecule has 0 saturated heterocycles. The number of benzene rings is 3. The first kappa shape index (κ1) is 32.2. The van der Waals surface area contributed by atoms with Gasteiger partial charge in [-0.15, -0.1) is 12.1 Å². The molecule has 4 aromatic rings. The number of aromatic nitrogens is 1. The Morgan fingerprint density at radius 2 is 1.41 bits per heavy atom. The quantitative estimate of drug-likeness (QED) is 0.0817. The monoisotopic (exact) mass is 703 g/mol. The van der Waals surface area contributed by atoms with Gasteiger partial charge in [0.2, 0.25) is 5.88 Å². The first-order valence-electron chi connectivity index (χ1n) is 13.6. The number of carbonyl (C=O) groups excluding carboxylic acids is 1. The predicted molar refractivity (Wildman–Crippen MR) is 158 cm³/mol. The van der Waals surface area contributed by atoms with Crippen LogP contribution in [0.5, 0.6) is 11.6 Å². The number of pyridine rings is 1. The van der Waals surface area contributed by atoms with Crippen LogP contribution in [0.3, 0.4) is 0 Å². The van der Waals surface area contributed by atoms with E-state index in [9.17, 15) is 9.90 Å².